The first kappa shape index (κ1) is 10.7. The van der Waals surface area contributed by atoms with Gasteiger partial charge in [-0.25, -0.2) is 0 Å². The lowest BCUT2D eigenvalue weighted by Crippen LogP contribution is -2.32. The molecule has 0 saturated heterocycles. The SMILES string of the molecule is COCc1ccoc1CC(N)C(=O)O. The summed E-state index contributed by atoms with van der Waals surface area (Å²) in [6, 6.07) is 0.810. The van der Waals surface area contributed by atoms with E-state index < -0.39 is 12.0 Å². The Morgan fingerprint density at radius 3 is 3.07 bits per heavy atom. The Bertz CT molecular complexity index is 308. The van der Waals surface area contributed by atoms with Crippen molar-refractivity contribution >= 4 is 5.97 Å². The van der Waals surface area contributed by atoms with Gasteiger partial charge in [-0.05, 0) is 6.07 Å². The van der Waals surface area contributed by atoms with Crippen molar-refractivity contribution in [3.05, 3.63) is 23.7 Å². The van der Waals surface area contributed by atoms with Gasteiger partial charge < -0.3 is 20.0 Å². The average molecular weight is 199 g/mol. The van der Waals surface area contributed by atoms with Crippen molar-refractivity contribution < 1.29 is 19.1 Å². The third-order valence-corrected chi connectivity index (χ3v) is 1.86. The summed E-state index contributed by atoms with van der Waals surface area (Å²) in [5.41, 5.74) is 6.21. The van der Waals surface area contributed by atoms with Crippen molar-refractivity contribution in [3.8, 4) is 0 Å². The standard InChI is InChI=1S/C9H13NO4/c1-13-5-6-2-3-14-8(6)4-7(10)9(11)12/h2-3,7H,4-5,10H2,1H3,(H,11,12). The summed E-state index contributed by atoms with van der Waals surface area (Å²) in [7, 11) is 1.56. The van der Waals surface area contributed by atoms with Gasteiger partial charge in [0.1, 0.15) is 11.8 Å². The molecule has 78 valence electrons. The van der Waals surface area contributed by atoms with Crippen molar-refractivity contribution in [2.75, 3.05) is 7.11 Å². The van der Waals surface area contributed by atoms with E-state index in [9.17, 15) is 4.79 Å². The maximum absolute atomic E-state index is 10.5. The Labute approximate surface area is 81.5 Å². The van der Waals surface area contributed by atoms with Gasteiger partial charge in [0.15, 0.2) is 0 Å². The highest BCUT2D eigenvalue weighted by Crippen LogP contribution is 2.13. The molecule has 0 amide bonds. The summed E-state index contributed by atoms with van der Waals surface area (Å²) < 4.78 is 10.0. The zero-order valence-corrected chi connectivity index (χ0v) is 7.90. The summed E-state index contributed by atoms with van der Waals surface area (Å²) >= 11 is 0. The van der Waals surface area contributed by atoms with Crippen LogP contribution in [0, 0.1) is 0 Å². The number of rotatable bonds is 5. The van der Waals surface area contributed by atoms with E-state index in [4.69, 9.17) is 20.0 Å². The zero-order valence-electron chi connectivity index (χ0n) is 7.90. The van der Waals surface area contributed by atoms with Gasteiger partial charge in [-0.15, -0.1) is 0 Å². The minimum absolute atomic E-state index is 0.182. The Morgan fingerprint density at radius 1 is 1.79 bits per heavy atom. The highest BCUT2D eigenvalue weighted by Gasteiger charge is 2.16. The first-order chi connectivity index (χ1) is 6.65. The lowest BCUT2D eigenvalue weighted by molar-refractivity contribution is -0.138. The Morgan fingerprint density at radius 2 is 2.50 bits per heavy atom. The number of ether oxygens (including phenoxy) is 1. The summed E-state index contributed by atoms with van der Waals surface area (Å²) in [5, 5.41) is 8.60. The van der Waals surface area contributed by atoms with E-state index >= 15 is 0 Å². The zero-order chi connectivity index (χ0) is 10.6. The molecular formula is C9H13NO4. The maximum Gasteiger partial charge on any atom is 0.320 e. The number of nitrogens with two attached hydrogens (primary N) is 1. The van der Waals surface area contributed by atoms with E-state index in [1.165, 1.54) is 6.26 Å². The fourth-order valence-corrected chi connectivity index (χ4v) is 1.12. The normalized spacial score (nSPS) is 12.7. The Balaban J connectivity index is 2.66. The van der Waals surface area contributed by atoms with Gasteiger partial charge in [0, 0.05) is 19.1 Å². The van der Waals surface area contributed by atoms with Crippen molar-refractivity contribution in [3.63, 3.8) is 0 Å². The molecule has 0 fully saturated rings. The third-order valence-electron chi connectivity index (χ3n) is 1.86. The van der Waals surface area contributed by atoms with E-state index in [0.29, 0.717) is 12.4 Å². The van der Waals surface area contributed by atoms with Crippen LogP contribution in [0.15, 0.2) is 16.7 Å². The van der Waals surface area contributed by atoms with Crippen LogP contribution in [0.3, 0.4) is 0 Å². The van der Waals surface area contributed by atoms with Crippen LogP contribution in [0.4, 0.5) is 0 Å². The van der Waals surface area contributed by atoms with Crippen LogP contribution < -0.4 is 5.73 Å². The predicted octanol–water partition coefficient (Wildman–Crippen LogP) is 0.380. The molecule has 5 nitrogen and oxygen atoms in total. The number of carbonyl (C=O) groups is 1. The number of methoxy groups -OCH3 is 1. The molecule has 1 aromatic rings. The number of aliphatic carboxylic acids is 1. The molecular weight excluding hydrogens is 186 g/mol. The van der Waals surface area contributed by atoms with Gasteiger partial charge in [0.05, 0.1) is 12.9 Å². The van der Waals surface area contributed by atoms with Crippen LogP contribution in [0.1, 0.15) is 11.3 Å². The fraction of sp³-hybridized carbons (Fsp3) is 0.444. The van der Waals surface area contributed by atoms with Crippen molar-refractivity contribution in [2.45, 2.75) is 19.1 Å². The highest BCUT2D eigenvalue weighted by molar-refractivity contribution is 5.73. The minimum atomic E-state index is -1.04. The first-order valence-corrected chi connectivity index (χ1v) is 4.17. The van der Waals surface area contributed by atoms with Gasteiger partial charge >= 0.3 is 5.97 Å². The molecule has 1 rings (SSSR count). The van der Waals surface area contributed by atoms with Crippen molar-refractivity contribution in [2.24, 2.45) is 5.73 Å². The molecule has 0 aliphatic rings. The van der Waals surface area contributed by atoms with E-state index in [0.717, 1.165) is 5.56 Å². The summed E-state index contributed by atoms with van der Waals surface area (Å²) in [4.78, 5) is 10.5. The molecule has 5 heteroatoms. The topological polar surface area (TPSA) is 85.7 Å². The average Bonchev–Trinajstić information content (AvgIpc) is 2.53. The largest absolute Gasteiger partial charge is 0.480 e. The molecule has 0 aromatic carbocycles. The molecule has 0 aliphatic heterocycles. The minimum Gasteiger partial charge on any atom is -0.480 e. The maximum atomic E-state index is 10.5. The Hall–Kier alpha value is -1.33. The van der Waals surface area contributed by atoms with Crippen molar-refractivity contribution in [1.29, 1.82) is 0 Å². The summed E-state index contributed by atoms with van der Waals surface area (Å²) in [5.74, 6) is -0.466. The molecule has 0 bridgehead atoms. The second-order valence-electron chi connectivity index (χ2n) is 2.95. The van der Waals surface area contributed by atoms with E-state index in [1.54, 1.807) is 13.2 Å². The molecule has 0 saturated carbocycles. The number of carboxylic acid groups (broad SMARTS) is 1. The molecule has 0 aliphatic carbocycles. The fourth-order valence-electron chi connectivity index (χ4n) is 1.12. The lowest BCUT2D eigenvalue weighted by Gasteiger charge is -2.05. The molecule has 1 heterocycles. The number of hydrogen-bond acceptors (Lipinski definition) is 4. The van der Waals surface area contributed by atoms with Crippen LogP contribution in [-0.2, 0) is 22.6 Å². The molecule has 1 aromatic heterocycles. The monoisotopic (exact) mass is 199 g/mol. The number of carboxylic acids is 1. The predicted molar refractivity (Wildman–Crippen MR) is 48.7 cm³/mol. The van der Waals surface area contributed by atoms with Crippen LogP contribution in [0.2, 0.25) is 0 Å². The number of furan rings is 1. The smallest absolute Gasteiger partial charge is 0.320 e. The molecule has 3 N–H and O–H groups in total. The van der Waals surface area contributed by atoms with Crippen LogP contribution in [0.25, 0.3) is 0 Å². The highest BCUT2D eigenvalue weighted by atomic mass is 16.5. The second-order valence-corrected chi connectivity index (χ2v) is 2.95. The molecule has 1 atom stereocenters. The van der Waals surface area contributed by atoms with Gasteiger partial charge in [-0.2, -0.15) is 0 Å². The van der Waals surface area contributed by atoms with Crippen LogP contribution in [0.5, 0.6) is 0 Å². The van der Waals surface area contributed by atoms with Gasteiger partial charge in [-0.1, -0.05) is 0 Å². The number of hydrogen-bond donors (Lipinski definition) is 2. The van der Waals surface area contributed by atoms with E-state index in [1.807, 2.05) is 0 Å². The second kappa shape index (κ2) is 4.78. The summed E-state index contributed by atoms with van der Waals surface area (Å²) in [6.45, 7) is 0.401. The van der Waals surface area contributed by atoms with Crippen molar-refractivity contribution in [1.82, 2.24) is 0 Å². The quantitative estimate of drug-likeness (QED) is 0.716. The first-order valence-electron chi connectivity index (χ1n) is 4.17. The van der Waals surface area contributed by atoms with Gasteiger partial charge in [0.2, 0.25) is 0 Å². The third kappa shape index (κ3) is 2.58. The van der Waals surface area contributed by atoms with Crippen LogP contribution in [-0.4, -0.2) is 24.2 Å². The van der Waals surface area contributed by atoms with E-state index in [2.05, 4.69) is 0 Å². The molecule has 0 radical (unpaired) electrons. The lowest BCUT2D eigenvalue weighted by atomic mass is 10.1. The van der Waals surface area contributed by atoms with Crippen LogP contribution >= 0.6 is 0 Å². The Kier molecular flexibility index (Phi) is 3.67. The van der Waals surface area contributed by atoms with E-state index in [-0.39, 0.29) is 6.42 Å². The van der Waals surface area contributed by atoms with Gasteiger partial charge in [-0.3, -0.25) is 4.79 Å². The van der Waals surface area contributed by atoms with Gasteiger partial charge in [0.25, 0.3) is 0 Å². The molecule has 14 heavy (non-hydrogen) atoms. The molecule has 0 spiro atoms. The molecule has 1 unspecified atom stereocenters. The summed E-state index contributed by atoms with van der Waals surface area (Å²) in [6.07, 6.45) is 1.68.